The number of rotatable bonds is 4. The van der Waals surface area contributed by atoms with Crippen molar-refractivity contribution in [1.82, 2.24) is 5.06 Å². The van der Waals surface area contributed by atoms with Gasteiger partial charge in [-0.25, -0.2) is 0 Å². The van der Waals surface area contributed by atoms with E-state index in [-0.39, 0.29) is 0 Å². The number of hydrogen-bond acceptors (Lipinski definition) is 2. The number of hydroxylamine groups is 2. The summed E-state index contributed by atoms with van der Waals surface area (Å²) in [6, 6.07) is 0. The Morgan fingerprint density at radius 2 is 2.33 bits per heavy atom. The van der Waals surface area contributed by atoms with Crippen LogP contribution in [0.1, 0.15) is 26.7 Å². The van der Waals surface area contributed by atoms with E-state index in [2.05, 4.69) is 13.8 Å². The minimum Gasteiger partial charge on any atom is -0.279 e. The van der Waals surface area contributed by atoms with E-state index in [1.54, 1.807) is 0 Å². The van der Waals surface area contributed by atoms with Crippen LogP contribution in [0.3, 0.4) is 0 Å². The van der Waals surface area contributed by atoms with Gasteiger partial charge in [0.25, 0.3) is 0 Å². The first kappa shape index (κ1) is 7.03. The van der Waals surface area contributed by atoms with Gasteiger partial charge in [0.05, 0.1) is 0 Å². The topological polar surface area (TPSA) is 15.5 Å². The first-order valence-corrected chi connectivity index (χ1v) is 3.70. The maximum absolute atomic E-state index is 4.94. The Kier molecular flexibility index (Phi) is 2.49. The van der Waals surface area contributed by atoms with Gasteiger partial charge in [0.15, 0.2) is 0 Å². The molecule has 1 saturated heterocycles. The Labute approximate surface area is 56.8 Å². The minimum atomic E-state index is 0.856. The summed E-state index contributed by atoms with van der Waals surface area (Å²) < 4.78 is 0. The van der Waals surface area contributed by atoms with E-state index in [0.29, 0.717) is 0 Å². The predicted molar refractivity (Wildman–Crippen MR) is 36.7 cm³/mol. The third-order valence-electron chi connectivity index (χ3n) is 1.88. The van der Waals surface area contributed by atoms with Gasteiger partial charge < -0.3 is 0 Å². The normalized spacial score (nSPS) is 28.0. The van der Waals surface area contributed by atoms with Crippen molar-refractivity contribution < 1.29 is 4.84 Å². The molecule has 1 aliphatic rings. The van der Waals surface area contributed by atoms with Gasteiger partial charge in [-0.15, -0.1) is 0 Å². The van der Waals surface area contributed by atoms with Crippen molar-refractivity contribution in [1.29, 1.82) is 0 Å². The third-order valence-corrected chi connectivity index (χ3v) is 1.88. The van der Waals surface area contributed by atoms with Crippen LogP contribution >= 0.6 is 0 Å². The van der Waals surface area contributed by atoms with Crippen LogP contribution in [-0.4, -0.2) is 18.3 Å². The highest BCUT2D eigenvalue weighted by atomic mass is 16.8. The largest absolute Gasteiger partial charge is 0.279 e. The van der Waals surface area contributed by atoms with Gasteiger partial charge in [0, 0.05) is 6.54 Å². The van der Waals surface area contributed by atoms with Gasteiger partial charge in [-0.05, 0) is 12.3 Å². The summed E-state index contributed by atoms with van der Waals surface area (Å²) in [6.07, 6.45) is 2.56. The van der Waals surface area contributed by atoms with Gasteiger partial charge >= 0.3 is 0 Å². The molecule has 1 heterocycles. The average Bonchev–Trinajstić information content (AvgIpc) is 2.65. The molecule has 0 amide bonds. The standard InChI is InChI=1S/C7H15NO/c1-3-7(2)4-5-8-6-9-8/h7H,3-6H2,1-2H3. The fraction of sp³-hybridized carbons (Fsp3) is 1.00. The molecule has 0 saturated carbocycles. The minimum absolute atomic E-state index is 0.856. The van der Waals surface area contributed by atoms with E-state index in [4.69, 9.17) is 4.84 Å². The zero-order valence-corrected chi connectivity index (χ0v) is 6.26. The van der Waals surface area contributed by atoms with E-state index in [1.165, 1.54) is 12.8 Å². The first-order valence-electron chi connectivity index (χ1n) is 3.70. The molecule has 0 N–H and O–H groups in total. The molecule has 1 rings (SSSR count). The number of nitrogens with zero attached hydrogens (tertiary/aromatic N) is 1. The Hall–Kier alpha value is -0.0800. The van der Waals surface area contributed by atoms with Crippen LogP contribution in [-0.2, 0) is 4.84 Å². The molecule has 0 aromatic carbocycles. The zero-order chi connectivity index (χ0) is 6.69. The fourth-order valence-electron chi connectivity index (χ4n) is 0.738. The summed E-state index contributed by atoms with van der Waals surface area (Å²) in [6.45, 7) is 6.49. The molecule has 0 radical (unpaired) electrons. The lowest BCUT2D eigenvalue weighted by Gasteiger charge is -2.05. The van der Waals surface area contributed by atoms with Gasteiger partial charge in [-0.3, -0.25) is 4.84 Å². The molecule has 9 heavy (non-hydrogen) atoms. The molecule has 54 valence electrons. The van der Waals surface area contributed by atoms with Crippen molar-refractivity contribution in [3.05, 3.63) is 0 Å². The molecule has 0 bridgehead atoms. The molecule has 0 aromatic rings. The van der Waals surface area contributed by atoms with Crippen molar-refractivity contribution in [2.24, 2.45) is 5.92 Å². The molecule has 2 unspecified atom stereocenters. The van der Waals surface area contributed by atoms with Gasteiger partial charge in [0.2, 0.25) is 0 Å². The summed E-state index contributed by atoms with van der Waals surface area (Å²) >= 11 is 0. The molecule has 2 heteroatoms. The first-order chi connectivity index (χ1) is 4.33. The van der Waals surface area contributed by atoms with E-state index in [0.717, 1.165) is 19.2 Å². The molecule has 0 spiro atoms. The lowest BCUT2D eigenvalue weighted by Crippen LogP contribution is -2.03. The van der Waals surface area contributed by atoms with Crippen molar-refractivity contribution in [2.75, 3.05) is 13.3 Å². The fourth-order valence-corrected chi connectivity index (χ4v) is 0.738. The molecule has 0 aliphatic carbocycles. The van der Waals surface area contributed by atoms with Crippen molar-refractivity contribution in [2.45, 2.75) is 26.7 Å². The second-order valence-electron chi connectivity index (χ2n) is 2.77. The zero-order valence-electron chi connectivity index (χ0n) is 6.26. The highest BCUT2D eigenvalue weighted by Gasteiger charge is 2.18. The van der Waals surface area contributed by atoms with E-state index >= 15 is 0 Å². The monoisotopic (exact) mass is 129 g/mol. The summed E-state index contributed by atoms with van der Waals surface area (Å²) in [4.78, 5) is 4.94. The van der Waals surface area contributed by atoms with Crippen molar-refractivity contribution >= 4 is 0 Å². The maximum atomic E-state index is 4.94. The van der Waals surface area contributed by atoms with Crippen molar-refractivity contribution in [3.63, 3.8) is 0 Å². The van der Waals surface area contributed by atoms with Crippen LogP contribution in [0, 0.1) is 5.92 Å². The molecular weight excluding hydrogens is 114 g/mol. The van der Waals surface area contributed by atoms with Crippen molar-refractivity contribution in [3.8, 4) is 0 Å². The van der Waals surface area contributed by atoms with Crippen LogP contribution in [0.2, 0.25) is 0 Å². The summed E-state index contributed by atoms with van der Waals surface area (Å²) in [7, 11) is 0. The number of hydrogen-bond donors (Lipinski definition) is 0. The Morgan fingerprint density at radius 3 is 2.78 bits per heavy atom. The Bertz CT molecular complexity index is 81.0. The Morgan fingerprint density at radius 1 is 1.67 bits per heavy atom. The van der Waals surface area contributed by atoms with Gasteiger partial charge in [0.1, 0.15) is 6.73 Å². The van der Waals surface area contributed by atoms with Gasteiger partial charge in [-0.2, -0.15) is 5.06 Å². The van der Waals surface area contributed by atoms with Crippen LogP contribution in [0.5, 0.6) is 0 Å². The third kappa shape index (κ3) is 2.82. The average molecular weight is 129 g/mol. The van der Waals surface area contributed by atoms with Crippen LogP contribution in [0.25, 0.3) is 0 Å². The second kappa shape index (κ2) is 3.18. The lowest BCUT2D eigenvalue weighted by atomic mass is 10.1. The van der Waals surface area contributed by atoms with Crippen LogP contribution < -0.4 is 0 Å². The second-order valence-corrected chi connectivity index (χ2v) is 2.77. The van der Waals surface area contributed by atoms with Crippen LogP contribution in [0.4, 0.5) is 0 Å². The highest BCUT2D eigenvalue weighted by molar-refractivity contribution is 4.54. The Balaban J connectivity index is 1.90. The summed E-state index contributed by atoms with van der Waals surface area (Å²) in [5.41, 5.74) is 0. The quantitative estimate of drug-likeness (QED) is 0.536. The summed E-state index contributed by atoms with van der Waals surface area (Å²) in [5, 5.41) is 1.99. The van der Waals surface area contributed by atoms with E-state index in [9.17, 15) is 0 Å². The van der Waals surface area contributed by atoms with E-state index < -0.39 is 0 Å². The molecule has 2 nitrogen and oxygen atoms in total. The SMILES string of the molecule is CCC(C)CCN1CO1. The van der Waals surface area contributed by atoms with Gasteiger partial charge in [-0.1, -0.05) is 20.3 Å². The smallest absolute Gasteiger partial charge is 0.144 e. The molecule has 1 fully saturated rings. The molecule has 2 atom stereocenters. The molecule has 0 aromatic heterocycles. The van der Waals surface area contributed by atoms with E-state index in [1.807, 2.05) is 5.06 Å². The predicted octanol–water partition coefficient (Wildman–Crippen LogP) is 1.63. The maximum Gasteiger partial charge on any atom is 0.144 e. The molecule has 1 aliphatic heterocycles. The summed E-state index contributed by atoms with van der Waals surface area (Å²) in [5.74, 6) is 0.856. The molecular formula is C7H15NO. The lowest BCUT2D eigenvalue weighted by molar-refractivity contribution is 0.190. The van der Waals surface area contributed by atoms with Crippen LogP contribution in [0.15, 0.2) is 0 Å². The highest BCUT2D eigenvalue weighted by Crippen LogP contribution is 2.12.